The van der Waals surface area contributed by atoms with Crippen molar-refractivity contribution in [2.75, 3.05) is 6.54 Å². The fourth-order valence-electron chi connectivity index (χ4n) is 5.46. The van der Waals surface area contributed by atoms with E-state index in [4.69, 9.17) is 0 Å². The Kier molecular flexibility index (Phi) is 6.45. The van der Waals surface area contributed by atoms with Gasteiger partial charge in [-0.15, -0.1) is 0 Å². The number of carbonyl (C=O) groups is 2. The third-order valence-electron chi connectivity index (χ3n) is 7.81. The normalized spacial score (nSPS) is 17.0. The smallest absolute Gasteiger partial charge is 0.255 e. The molecule has 1 aromatic heterocycles. The topological polar surface area (TPSA) is 78.1 Å². The standard InChI is InChI=1S/C30H36N4O2/c1-5-6-15-31-28(35)21-9-7-20(8-10-21)19(2)34-18-23-16-22(11-12-24(23)29(34)36)27-25-13-14-30(3,4)17-26(25)32-33-27/h7-12,16,19H,5-6,13-15,17-18H2,1-4H3,(H,31,35)(H,32,33)/t19-/m1/s1. The summed E-state index contributed by atoms with van der Waals surface area (Å²) in [7, 11) is 0. The van der Waals surface area contributed by atoms with Crippen molar-refractivity contribution in [1.82, 2.24) is 20.4 Å². The van der Waals surface area contributed by atoms with Crippen LogP contribution in [0.2, 0.25) is 0 Å². The average Bonchev–Trinajstić information content (AvgIpc) is 3.43. The van der Waals surface area contributed by atoms with Gasteiger partial charge in [-0.25, -0.2) is 0 Å². The van der Waals surface area contributed by atoms with Gasteiger partial charge in [0.1, 0.15) is 0 Å². The van der Waals surface area contributed by atoms with Gasteiger partial charge in [-0.05, 0) is 73.4 Å². The summed E-state index contributed by atoms with van der Waals surface area (Å²) in [4.78, 5) is 27.5. The van der Waals surface area contributed by atoms with Crippen LogP contribution >= 0.6 is 0 Å². The molecule has 3 aromatic rings. The van der Waals surface area contributed by atoms with E-state index in [0.717, 1.165) is 60.1 Å². The molecule has 0 saturated heterocycles. The Bertz CT molecular complexity index is 1290. The van der Waals surface area contributed by atoms with E-state index >= 15 is 0 Å². The summed E-state index contributed by atoms with van der Waals surface area (Å²) in [5.41, 5.74) is 8.44. The van der Waals surface area contributed by atoms with Crippen molar-refractivity contribution in [1.29, 1.82) is 0 Å². The maximum Gasteiger partial charge on any atom is 0.255 e. The van der Waals surface area contributed by atoms with Crippen molar-refractivity contribution in [3.8, 4) is 11.3 Å². The minimum Gasteiger partial charge on any atom is -0.352 e. The Balaban J connectivity index is 1.31. The van der Waals surface area contributed by atoms with Gasteiger partial charge in [0.25, 0.3) is 11.8 Å². The van der Waals surface area contributed by atoms with Crippen LogP contribution in [0.25, 0.3) is 11.3 Å². The largest absolute Gasteiger partial charge is 0.352 e. The molecule has 0 bridgehead atoms. The maximum atomic E-state index is 13.3. The van der Waals surface area contributed by atoms with E-state index in [2.05, 4.69) is 42.4 Å². The highest BCUT2D eigenvalue weighted by Crippen LogP contribution is 2.39. The molecular formula is C30H36N4O2. The zero-order chi connectivity index (χ0) is 25.4. The maximum absolute atomic E-state index is 13.3. The van der Waals surface area contributed by atoms with Gasteiger partial charge < -0.3 is 10.2 Å². The van der Waals surface area contributed by atoms with E-state index in [-0.39, 0.29) is 17.9 Å². The van der Waals surface area contributed by atoms with Crippen molar-refractivity contribution < 1.29 is 9.59 Å². The van der Waals surface area contributed by atoms with Crippen LogP contribution < -0.4 is 5.32 Å². The summed E-state index contributed by atoms with van der Waals surface area (Å²) in [6.45, 7) is 10.0. The summed E-state index contributed by atoms with van der Waals surface area (Å²) in [6, 6.07) is 13.6. The molecule has 0 unspecified atom stereocenters. The van der Waals surface area contributed by atoms with Crippen LogP contribution in [0.3, 0.4) is 0 Å². The van der Waals surface area contributed by atoms with Crippen LogP contribution in [0, 0.1) is 5.41 Å². The van der Waals surface area contributed by atoms with Crippen molar-refractivity contribution in [2.45, 2.75) is 72.4 Å². The average molecular weight is 485 g/mol. The zero-order valence-corrected chi connectivity index (χ0v) is 21.8. The number of aromatic amines is 1. The Morgan fingerprint density at radius 1 is 1.19 bits per heavy atom. The predicted molar refractivity (Wildman–Crippen MR) is 142 cm³/mol. The molecule has 2 aromatic carbocycles. The first-order valence-corrected chi connectivity index (χ1v) is 13.2. The number of H-pyrrole nitrogens is 1. The Labute approximate surface area is 213 Å². The number of nitrogens with zero attached hydrogens (tertiary/aromatic N) is 2. The minimum absolute atomic E-state index is 0.0519. The third-order valence-corrected chi connectivity index (χ3v) is 7.81. The molecule has 1 atom stereocenters. The summed E-state index contributed by atoms with van der Waals surface area (Å²) >= 11 is 0. The first-order chi connectivity index (χ1) is 17.3. The number of amides is 2. The van der Waals surface area contributed by atoms with Crippen molar-refractivity contribution in [3.63, 3.8) is 0 Å². The highest BCUT2D eigenvalue weighted by Gasteiger charge is 2.33. The van der Waals surface area contributed by atoms with Crippen LogP contribution in [-0.4, -0.2) is 33.5 Å². The number of benzene rings is 2. The summed E-state index contributed by atoms with van der Waals surface area (Å²) < 4.78 is 0. The molecule has 2 amide bonds. The lowest BCUT2D eigenvalue weighted by Gasteiger charge is -2.29. The molecule has 0 spiro atoms. The lowest BCUT2D eigenvalue weighted by atomic mass is 9.76. The van der Waals surface area contributed by atoms with E-state index in [1.807, 2.05) is 48.2 Å². The van der Waals surface area contributed by atoms with E-state index in [9.17, 15) is 9.59 Å². The van der Waals surface area contributed by atoms with E-state index in [1.54, 1.807) is 0 Å². The van der Waals surface area contributed by atoms with Gasteiger partial charge in [-0.2, -0.15) is 5.10 Å². The van der Waals surface area contributed by atoms with Crippen molar-refractivity contribution in [2.24, 2.45) is 5.41 Å². The fraction of sp³-hybridized carbons (Fsp3) is 0.433. The van der Waals surface area contributed by atoms with Crippen LogP contribution in [0.5, 0.6) is 0 Å². The van der Waals surface area contributed by atoms with Gasteiger partial charge >= 0.3 is 0 Å². The number of hydrogen-bond acceptors (Lipinski definition) is 3. The van der Waals surface area contributed by atoms with Crippen LogP contribution in [0.1, 0.15) is 96.1 Å². The predicted octanol–water partition coefficient (Wildman–Crippen LogP) is 5.84. The van der Waals surface area contributed by atoms with Crippen LogP contribution in [0.4, 0.5) is 0 Å². The number of carbonyl (C=O) groups excluding carboxylic acids is 2. The molecule has 0 fully saturated rings. The number of hydrogen-bond donors (Lipinski definition) is 2. The van der Waals surface area contributed by atoms with Gasteiger partial charge in [-0.3, -0.25) is 14.7 Å². The van der Waals surface area contributed by atoms with Crippen LogP contribution in [0.15, 0.2) is 42.5 Å². The highest BCUT2D eigenvalue weighted by atomic mass is 16.2. The molecule has 1 aliphatic heterocycles. The number of unbranched alkanes of at least 4 members (excludes halogenated alkanes) is 1. The number of fused-ring (bicyclic) bond motifs is 2. The molecule has 0 saturated carbocycles. The summed E-state index contributed by atoms with van der Waals surface area (Å²) in [5.74, 6) is 0.000182. The quantitative estimate of drug-likeness (QED) is 0.414. The lowest BCUT2D eigenvalue weighted by molar-refractivity contribution is 0.0715. The molecule has 0 radical (unpaired) electrons. The number of aromatic nitrogens is 2. The molecular weight excluding hydrogens is 448 g/mol. The molecule has 188 valence electrons. The van der Waals surface area contributed by atoms with E-state index < -0.39 is 0 Å². The van der Waals surface area contributed by atoms with Gasteiger partial charge in [0.15, 0.2) is 0 Å². The zero-order valence-electron chi connectivity index (χ0n) is 21.8. The molecule has 6 nitrogen and oxygen atoms in total. The summed E-state index contributed by atoms with van der Waals surface area (Å²) in [6.07, 6.45) is 5.22. The molecule has 1 aliphatic carbocycles. The first-order valence-electron chi connectivity index (χ1n) is 13.2. The second-order valence-electron chi connectivity index (χ2n) is 11.1. The van der Waals surface area contributed by atoms with Crippen LogP contribution in [-0.2, 0) is 19.4 Å². The molecule has 2 N–H and O–H groups in total. The Morgan fingerprint density at radius 3 is 2.72 bits per heavy atom. The second kappa shape index (κ2) is 9.57. The van der Waals surface area contributed by atoms with Gasteiger partial charge in [-0.1, -0.05) is 45.4 Å². The van der Waals surface area contributed by atoms with E-state index in [1.165, 1.54) is 11.3 Å². The molecule has 36 heavy (non-hydrogen) atoms. The van der Waals surface area contributed by atoms with Crippen molar-refractivity contribution in [3.05, 3.63) is 76.0 Å². The third kappa shape index (κ3) is 4.57. The molecule has 2 heterocycles. The Morgan fingerprint density at radius 2 is 1.97 bits per heavy atom. The fourth-order valence-corrected chi connectivity index (χ4v) is 5.46. The number of rotatable bonds is 7. The lowest BCUT2D eigenvalue weighted by Crippen LogP contribution is -2.27. The number of nitrogens with one attached hydrogen (secondary N) is 2. The summed E-state index contributed by atoms with van der Waals surface area (Å²) in [5, 5.41) is 10.9. The second-order valence-corrected chi connectivity index (χ2v) is 11.1. The minimum atomic E-state index is -0.0917. The Hall–Kier alpha value is -3.41. The van der Waals surface area contributed by atoms with Crippen molar-refractivity contribution >= 4 is 11.8 Å². The molecule has 2 aliphatic rings. The van der Waals surface area contributed by atoms with Gasteiger partial charge in [0.05, 0.1) is 11.7 Å². The molecule has 5 rings (SSSR count). The highest BCUT2D eigenvalue weighted by molar-refractivity contribution is 5.99. The molecule has 6 heteroatoms. The first kappa shape index (κ1) is 24.3. The van der Waals surface area contributed by atoms with E-state index in [0.29, 0.717) is 24.1 Å². The monoisotopic (exact) mass is 484 g/mol. The van der Waals surface area contributed by atoms with Gasteiger partial charge in [0.2, 0.25) is 0 Å². The van der Waals surface area contributed by atoms with Gasteiger partial charge in [0, 0.05) is 41.0 Å². The SMILES string of the molecule is CCCCNC(=O)c1ccc([C@@H](C)N2Cc3cc(-c4n[nH]c5c4CCC(C)(C)C5)ccc3C2=O)cc1.